The van der Waals surface area contributed by atoms with E-state index in [9.17, 15) is 37.1 Å². The van der Waals surface area contributed by atoms with Crippen molar-refractivity contribution in [3.63, 3.8) is 0 Å². The molecule has 0 radical (unpaired) electrons. The smallest absolute Gasteiger partial charge is 0.416 e. The van der Waals surface area contributed by atoms with Gasteiger partial charge in [-0.05, 0) is 48.9 Å². The second-order valence-electron chi connectivity index (χ2n) is 16.2. The maximum atomic E-state index is 13.2. The summed E-state index contributed by atoms with van der Waals surface area (Å²) in [6, 6.07) is 14.9. The number of carbonyl (C=O) groups excluding carboxylic acids is 5. The van der Waals surface area contributed by atoms with Gasteiger partial charge in [0.25, 0.3) is 11.8 Å². The molecule has 0 spiro atoms. The highest BCUT2D eigenvalue weighted by Gasteiger charge is 2.45. The van der Waals surface area contributed by atoms with E-state index in [1.807, 2.05) is 0 Å². The van der Waals surface area contributed by atoms with Crippen molar-refractivity contribution < 1.29 is 94.0 Å². The van der Waals surface area contributed by atoms with Crippen molar-refractivity contribution in [1.29, 1.82) is 0 Å². The van der Waals surface area contributed by atoms with Gasteiger partial charge >= 0.3 is 12.1 Å². The third-order valence-electron chi connectivity index (χ3n) is 10.8. The van der Waals surface area contributed by atoms with E-state index in [0.717, 1.165) is 17.0 Å². The average Bonchev–Trinajstić information content (AvgIpc) is 3.66. The predicted molar refractivity (Wildman–Crippen MR) is 262 cm³/mol. The van der Waals surface area contributed by atoms with Gasteiger partial charge in [0.1, 0.15) is 12.6 Å². The fourth-order valence-electron chi connectivity index (χ4n) is 7.19. The Morgan fingerprint density at radius 2 is 1.00 bits per heavy atom. The number of rotatable bonds is 41. The largest absolute Gasteiger partial charge is 0.460 e. The number of nitrogens with zero attached hydrogens (tertiary/aromatic N) is 1. The lowest BCUT2D eigenvalue weighted by Crippen LogP contribution is -2.54. The standard InChI is InChI=1S/C51H67F3N4O17/c52-51(53,54)38-5-3-6-39(37-38)56-42-9-2-1-7-40(42)50(63)75-36-35-74-34-33-73-32-31-72-30-29-71-28-27-70-26-25-69-24-23-68-22-21-67-20-19-66-18-17-65-16-15-64-14-13-55-43-10-4-8-41-46(43)49(62)58(48(41)61)44-11-12-45(59)57-47(44)60/h1-10,37,44,55-56H,11-36H2,(H,57,59,60). The molecule has 0 saturated carbocycles. The van der Waals surface area contributed by atoms with E-state index in [1.54, 1.807) is 36.4 Å². The van der Waals surface area contributed by atoms with Crippen LogP contribution >= 0.6 is 0 Å². The van der Waals surface area contributed by atoms with Crippen molar-refractivity contribution in [1.82, 2.24) is 10.2 Å². The molecule has 1 atom stereocenters. The van der Waals surface area contributed by atoms with Crippen molar-refractivity contribution in [3.05, 3.63) is 89.0 Å². The molecule has 0 aliphatic carbocycles. The molecule has 0 aromatic heterocycles. The number of hydrogen-bond acceptors (Lipinski definition) is 19. The van der Waals surface area contributed by atoms with E-state index >= 15 is 0 Å². The van der Waals surface area contributed by atoms with Crippen LogP contribution in [0.4, 0.5) is 30.2 Å². The number of carbonyl (C=O) groups is 5. The lowest BCUT2D eigenvalue weighted by molar-refractivity contribution is -0.138. The molecule has 21 nitrogen and oxygen atoms in total. The Morgan fingerprint density at radius 1 is 0.547 bits per heavy atom. The molecule has 5 rings (SSSR count). The minimum atomic E-state index is -4.49. The molecule has 414 valence electrons. The van der Waals surface area contributed by atoms with Gasteiger partial charge in [-0.2, -0.15) is 13.2 Å². The number of alkyl halides is 3. The number of ether oxygens (including phenoxy) is 12. The van der Waals surface area contributed by atoms with E-state index in [2.05, 4.69) is 16.0 Å². The number of benzene rings is 3. The Balaban J connectivity index is 0.695. The SMILES string of the molecule is O=C1CCC(N2C(=O)c3cccc(NCCOCCOCCOCCOCCOCCOCCOCCOCCOCCOCCOCCOC(=O)c4ccccc4Nc4cccc(C(F)(F)F)c4)c3C2=O)C(=O)N1. The first-order chi connectivity index (χ1) is 36.5. The Morgan fingerprint density at radius 3 is 1.49 bits per heavy atom. The molecular weight excluding hydrogens is 998 g/mol. The van der Waals surface area contributed by atoms with Crippen LogP contribution in [0.5, 0.6) is 0 Å². The van der Waals surface area contributed by atoms with Gasteiger partial charge in [-0.3, -0.25) is 29.4 Å². The van der Waals surface area contributed by atoms with Gasteiger partial charge in [-0.1, -0.05) is 24.3 Å². The van der Waals surface area contributed by atoms with Crippen molar-refractivity contribution in [2.45, 2.75) is 25.1 Å². The summed E-state index contributed by atoms with van der Waals surface area (Å²) in [4.78, 5) is 63.6. The highest BCUT2D eigenvalue weighted by molar-refractivity contribution is 6.25. The van der Waals surface area contributed by atoms with Gasteiger partial charge in [0.2, 0.25) is 11.8 Å². The fraction of sp³-hybridized carbons (Fsp3) is 0.549. The second-order valence-corrected chi connectivity index (χ2v) is 16.2. The van der Waals surface area contributed by atoms with Gasteiger partial charge in [-0.15, -0.1) is 0 Å². The number of imide groups is 2. The molecule has 4 amide bonds. The first-order valence-corrected chi connectivity index (χ1v) is 24.7. The first-order valence-electron chi connectivity index (χ1n) is 24.7. The van der Waals surface area contributed by atoms with Crippen LogP contribution < -0.4 is 16.0 Å². The van der Waals surface area contributed by atoms with Gasteiger partial charge < -0.3 is 67.5 Å². The third kappa shape index (κ3) is 22.2. The summed E-state index contributed by atoms with van der Waals surface area (Å²) >= 11 is 0. The van der Waals surface area contributed by atoms with Crippen LogP contribution in [0.1, 0.15) is 49.5 Å². The van der Waals surface area contributed by atoms with E-state index in [4.69, 9.17) is 56.8 Å². The summed E-state index contributed by atoms with van der Waals surface area (Å²) in [5, 5.41) is 8.18. The van der Waals surface area contributed by atoms with E-state index < -0.39 is 47.4 Å². The first kappa shape index (κ1) is 60.2. The maximum absolute atomic E-state index is 13.2. The monoisotopic (exact) mass is 1060 g/mol. The quantitative estimate of drug-likeness (QED) is 0.0408. The zero-order valence-electron chi connectivity index (χ0n) is 41.8. The molecule has 1 fully saturated rings. The summed E-state index contributed by atoms with van der Waals surface area (Å²) in [5.74, 6) is -2.86. The van der Waals surface area contributed by atoms with Gasteiger partial charge in [0.05, 0.1) is 173 Å². The molecule has 1 saturated heterocycles. The molecule has 2 aliphatic rings. The number of anilines is 3. The molecule has 2 aliphatic heterocycles. The number of para-hydroxylation sites is 1. The molecule has 3 N–H and O–H groups in total. The lowest BCUT2D eigenvalue weighted by Gasteiger charge is -2.27. The number of hydrogen-bond donors (Lipinski definition) is 3. The molecule has 3 aromatic carbocycles. The van der Waals surface area contributed by atoms with Gasteiger partial charge in [0, 0.05) is 24.3 Å². The number of fused-ring (bicyclic) bond motifs is 1. The molecule has 3 aromatic rings. The van der Waals surface area contributed by atoms with Crippen LogP contribution in [0, 0.1) is 0 Å². The normalized spacial score (nSPS) is 14.6. The van der Waals surface area contributed by atoms with Crippen molar-refractivity contribution >= 4 is 46.7 Å². The predicted octanol–water partition coefficient (Wildman–Crippen LogP) is 4.30. The summed E-state index contributed by atoms with van der Waals surface area (Å²) in [6.07, 6.45) is -4.35. The Bertz CT molecular complexity index is 2210. The summed E-state index contributed by atoms with van der Waals surface area (Å²) in [5.41, 5.74) is 0.731. The second kappa shape index (κ2) is 34.8. The van der Waals surface area contributed by atoms with Gasteiger partial charge in [0.15, 0.2) is 0 Å². The molecule has 2 heterocycles. The van der Waals surface area contributed by atoms with E-state index in [1.165, 1.54) is 18.2 Å². The zero-order valence-corrected chi connectivity index (χ0v) is 41.8. The fourth-order valence-corrected chi connectivity index (χ4v) is 7.19. The lowest BCUT2D eigenvalue weighted by atomic mass is 10.0. The number of piperidine rings is 1. The zero-order chi connectivity index (χ0) is 53.4. The van der Waals surface area contributed by atoms with Crippen LogP contribution in [-0.4, -0.2) is 199 Å². The minimum Gasteiger partial charge on any atom is -0.460 e. The molecular formula is C51H67F3N4O17. The molecule has 1 unspecified atom stereocenters. The summed E-state index contributed by atoms with van der Waals surface area (Å²) in [7, 11) is 0. The van der Waals surface area contributed by atoms with E-state index in [0.29, 0.717) is 150 Å². The van der Waals surface area contributed by atoms with Crippen molar-refractivity contribution in [3.8, 4) is 0 Å². The molecule has 0 bridgehead atoms. The topological polar surface area (TPSA) is 235 Å². The minimum absolute atomic E-state index is 0.0179. The average molecular weight is 1070 g/mol. The number of nitrogens with one attached hydrogen (secondary N) is 3. The van der Waals surface area contributed by atoms with Crippen LogP contribution in [0.25, 0.3) is 0 Å². The highest BCUT2D eigenvalue weighted by atomic mass is 19.4. The number of amides is 4. The van der Waals surface area contributed by atoms with Crippen molar-refractivity contribution in [2.75, 3.05) is 169 Å². The molecule has 75 heavy (non-hydrogen) atoms. The Labute approximate surface area is 433 Å². The number of esters is 1. The van der Waals surface area contributed by atoms with Crippen LogP contribution in [-0.2, 0) is 72.6 Å². The van der Waals surface area contributed by atoms with Crippen LogP contribution in [0.2, 0.25) is 0 Å². The number of halogens is 3. The van der Waals surface area contributed by atoms with Crippen LogP contribution in [0.15, 0.2) is 66.7 Å². The highest BCUT2D eigenvalue weighted by Crippen LogP contribution is 2.33. The van der Waals surface area contributed by atoms with Crippen molar-refractivity contribution in [2.24, 2.45) is 0 Å². The van der Waals surface area contributed by atoms with Gasteiger partial charge in [-0.25, -0.2) is 4.79 Å². The van der Waals surface area contributed by atoms with E-state index in [-0.39, 0.29) is 55.0 Å². The van der Waals surface area contributed by atoms with Crippen LogP contribution in [0.3, 0.4) is 0 Å². The molecule has 24 heteroatoms. The summed E-state index contributed by atoms with van der Waals surface area (Å²) < 4.78 is 105. The summed E-state index contributed by atoms with van der Waals surface area (Å²) in [6.45, 7) is 8.75. The Kier molecular flexibility index (Phi) is 28.0. The Hall–Kier alpha value is -5.64. The third-order valence-corrected chi connectivity index (χ3v) is 10.8. The maximum Gasteiger partial charge on any atom is 0.416 e.